The molecule has 4 nitrogen and oxygen atoms in total. The van der Waals surface area contributed by atoms with Gasteiger partial charge in [-0.1, -0.05) is 0 Å². The van der Waals surface area contributed by atoms with Gasteiger partial charge in [-0.2, -0.15) is 0 Å². The molecule has 0 saturated carbocycles. The SMILES string of the molecule is CC(O)CCN(C)C(=O)C1CCC(C)NC1. The molecule has 0 bridgehead atoms. The molecule has 3 atom stereocenters. The zero-order chi connectivity index (χ0) is 12.1. The van der Waals surface area contributed by atoms with Gasteiger partial charge in [0.05, 0.1) is 12.0 Å². The summed E-state index contributed by atoms with van der Waals surface area (Å²) >= 11 is 0. The minimum atomic E-state index is -0.334. The number of hydrogen-bond donors (Lipinski definition) is 2. The summed E-state index contributed by atoms with van der Waals surface area (Å²) in [6.45, 7) is 5.33. The van der Waals surface area contributed by atoms with Crippen molar-refractivity contribution in [2.45, 2.75) is 45.3 Å². The molecule has 0 spiro atoms. The summed E-state index contributed by atoms with van der Waals surface area (Å²) in [5.41, 5.74) is 0. The van der Waals surface area contributed by atoms with Gasteiger partial charge < -0.3 is 15.3 Å². The van der Waals surface area contributed by atoms with Gasteiger partial charge in [0.2, 0.25) is 5.91 Å². The molecule has 1 rings (SSSR count). The zero-order valence-corrected chi connectivity index (χ0v) is 10.6. The average molecular weight is 228 g/mol. The maximum atomic E-state index is 12.0. The first-order valence-electron chi connectivity index (χ1n) is 6.17. The number of nitrogens with zero attached hydrogens (tertiary/aromatic N) is 1. The Kier molecular flexibility index (Phi) is 5.22. The van der Waals surface area contributed by atoms with Crippen molar-refractivity contribution in [2.75, 3.05) is 20.1 Å². The van der Waals surface area contributed by atoms with E-state index in [-0.39, 0.29) is 17.9 Å². The molecular formula is C12H24N2O2. The van der Waals surface area contributed by atoms with E-state index in [4.69, 9.17) is 0 Å². The van der Waals surface area contributed by atoms with Crippen LogP contribution in [0.2, 0.25) is 0 Å². The first kappa shape index (κ1) is 13.5. The van der Waals surface area contributed by atoms with Crippen molar-refractivity contribution in [3.63, 3.8) is 0 Å². The first-order valence-corrected chi connectivity index (χ1v) is 6.17. The molecule has 4 heteroatoms. The lowest BCUT2D eigenvalue weighted by Crippen LogP contribution is -2.45. The molecule has 1 aliphatic rings. The maximum absolute atomic E-state index is 12.0. The Hall–Kier alpha value is -0.610. The third-order valence-corrected chi connectivity index (χ3v) is 3.27. The number of aliphatic hydroxyl groups excluding tert-OH is 1. The predicted octanol–water partition coefficient (Wildman–Crippen LogP) is 0.604. The normalized spacial score (nSPS) is 27.5. The average Bonchev–Trinajstić information content (AvgIpc) is 2.26. The molecule has 2 N–H and O–H groups in total. The first-order chi connectivity index (χ1) is 7.50. The summed E-state index contributed by atoms with van der Waals surface area (Å²) in [5.74, 6) is 0.329. The van der Waals surface area contributed by atoms with Gasteiger partial charge in [0.25, 0.3) is 0 Å². The van der Waals surface area contributed by atoms with Crippen LogP contribution in [0.4, 0.5) is 0 Å². The van der Waals surface area contributed by atoms with Crippen LogP contribution in [0, 0.1) is 5.92 Å². The Balaban J connectivity index is 2.32. The minimum absolute atomic E-state index is 0.121. The van der Waals surface area contributed by atoms with E-state index in [2.05, 4.69) is 12.2 Å². The van der Waals surface area contributed by atoms with Crippen LogP contribution in [0.5, 0.6) is 0 Å². The fraction of sp³-hybridized carbons (Fsp3) is 0.917. The molecule has 1 amide bonds. The highest BCUT2D eigenvalue weighted by molar-refractivity contribution is 5.78. The fourth-order valence-electron chi connectivity index (χ4n) is 2.01. The van der Waals surface area contributed by atoms with Crippen molar-refractivity contribution in [3.05, 3.63) is 0 Å². The Bertz CT molecular complexity index is 223. The van der Waals surface area contributed by atoms with E-state index in [0.717, 1.165) is 19.4 Å². The van der Waals surface area contributed by atoms with Gasteiger partial charge in [-0.25, -0.2) is 0 Å². The number of carbonyl (C=O) groups is 1. The number of nitrogens with one attached hydrogen (secondary N) is 1. The second kappa shape index (κ2) is 6.21. The van der Waals surface area contributed by atoms with Crippen LogP contribution in [-0.4, -0.2) is 48.2 Å². The molecule has 0 radical (unpaired) electrons. The Morgan fingerprint density at radius 2 is 2.25 bits per heavy atom. The molecule has 16 heavy (non-hydrogen) atoms. The lowest BCUT2D eigenvalue weighted by Gasteiger charge is -2.30. The molecular weight excluding hydrogens is 204 g/mol. The monoisotopic (exact) mass is 228 g/mol. The zero-order valence-electron chi connectivity index (χ0n) is 10.6. The van der Waals surface area contributed by atoms with Crippen LogP contribution in [-0.2, 0) is 4.79 Å². The second-order valence-electron chi connectivity index (χ2n) is 4.98. The number of rotatable bonds is 4. The number of hydrogen-bond acceptors (Lipinski definition) is 3. The number of piperidine rings is 1. The van der Waals surface area contributed by atoms with Crippen molar-refractivity contribution in [2.24, 2.45) is 5.92 Å². The maximum Gasteiger partial charge on any atom is 0.226 e. The van der Waals surface area contributed by atoms with Crippen LogP contribution in [0.15, 0.2) is 0 Å². The van der Waals surface area contributed by atoms with Gasteiger partial charge in [-0.05, 0) is 33.1 Å². The van der Waals surface area contributed by atoms with Gasteiger partial charge in [0.15, 0.2) is 0 Å². The molecule has 0 aromatic rings. The van der Waals surface area contributed by atoms with E-state index in [9.17, 15) is 9.90 Å². The van der Waals surface area contributed by atoms with Crippen LogP contribution in [0.3, 0.4) is 0 Å². The Morgan fingerprint density at radius 3 is 2.75 bits per heavy atom. The molecule has 0 aromatic carbocycles. The summed E-state index contributed by atoms with van der Waals surface area (Å²) in [6, 6.07) is 0.534. The minimum Gasteiger partial charge on any atom is -0.393 e. The lowest BCUT2D eigenvalue weighted by atomic mass is 9.94. The highest BCUT2D eigenvalue weighted by atomic mass is 16.3. The topological polar surface area (TPSA) is 52.6 Å². The predicted molar refractivity (Wildman–Crippen MR) is 64.1 cm³/mol. The van der Waals surface area contributed by atoms with Gasteiger partial charge in [0.1, 0.15) is 0 Å². The number of aliphatic hydroxyl groups is 1. The van der Waals surface area contributed by atoms with Crippen LogP contribution >= 0.6 is 0 Å². The van der Waals surface area contributed by atoms with E-state index in [1.165, 1.54) is 0 Å². The van der Waals surface area contributed by atoms with E-state index in [1.807, 2.05) is 7.05 Å². The van der Waals surface area contributed by atoms with Crippen LogP contribution in [0.25, 0.3) is 0 Å². The third kappa shape index (κ3) is 4.10. The molecule has 3 unspecified atom stereocenters. The van der Waals surface area contributed by atoms with Crippen molar-refractivity contribution in [1.82, 2.24) is 10.2 Å². The van der Waals surface area contributed by atoms with Gasteiger partial charge in [-0.15, -0.1) is 0 Å². The van der Waals surface area contributed by atoms with Gasteiger partial charge in [0, 0.05) is 26.2 Å². The summed E-state index contributed by atoms with van der Waals surface area (Å²) in [4.78, 5) is 13.8. The van der Waals surface area contributed by atoms with E-state index in [0.29, 0.717) is 19.0 Å². The van der Waals surface area contributed by atoms with Crippen molar-refractivity contribution < 1.29 is 9.90 Å². The van der Waals surface area contributed by atoms with Gasteiger partial charge >= 0.3 is 0 Å². The summed E-state index contributed by atoms with van der Waals surface area (Å²) in [5, 5.41) is 12.5. The smallest absolute Gasteiger partial charge is 0.226 e. The molecule has 0 aliphatic carbocycles. The standard InChI is InChI=1S/C12H24N2O2/c1-9-4-5-11(8-13-9)12(16)14(3)7-6-10(2)15/h9-11,13,15H,4-8H2,1-3H3. The number of amides is 1. The molecule has 0 aromatic heterocycles. The Labute approximate surface area is 98.0 Å². The summed E-state index contributed by atoms with van der Waals surface area (Å²) < 4.78 is 0. The van der Waals surface area contributed by atoms with Crippen molar-refractivity contribution in [3.8, 4) is 0 Å². The molecule has 1 saturated heterocycles. The summed E-state index contributed by atoms with van der Waals surface area (Å²) in [6.07, 6.45) is 2.37. The molecule has 1 fully saturated rings. The van der Waals surface area contributed by atoms with Crippen molar-refractivity contribution >= 4 is 5.91 Å². The molecule has 1 aliphatic heterocycles. The van der Waals surface area contributed by atoms with E-state index < -0.39 is 0 Å². The molecule has 94 valence electrons. The van der Waals surface area contributed by atoms with E-state index >= 15 is 0 Å². The third-order valence-electron chi connectivity index (χ3n) is 3.27. The fourth-order valence-corrected chi connectivity index (χ4v) is 2.01. The highest BCUT2D eigenvalue weighted by Crippen LogP contribution is 2.16. The molecule has 1 heterocycles. The lowest BCUT2D eigenvalue weighted by molar-refractivity contribution is -0.135. The van der Waals surface area contributed by atoms with Crippen LogP contribution in [0.1, 0.15) is 33.1 Å². The quantitative estimate of drug-likeness (QED) is 0.741. The largest absolute Gasteiger partial charge is 0.393 e. The summed E-state index contributed by atoms with van der Waals surface area (Å²) in [7, 11) is 1.82. The number of carbonyl (C=O) groups excluding carboxylic acids is 1. The second-order valence-corrected chi connectivity index (χ2v) is 4.98. The Morgan fingerprint density at radius 1 is 1.56 bits per heavy atom. The van der Waals surface area contributed by atoms with Gasteiger partial charge in [-0.3, -0.25) is 4.79 Å². The van der Waals surface area contributed by atoms with Crippen LogP contribution < -0.4 is 5.32 Å². The van der Waals surface area contributed by atoms with Crippen molar-refractivity contribution in [1.29, 1.82) is 0 Å². The highest BCUT2D eigenvalue weighted by Gasteiger charge is 2.26. The van der Waals surface area contributed by atoms with E-state index in [1.54, 1.807) is 11.8 Å².